The number of nitrogens with zero attached hydrogens (tertiary/aromatic N) is 2. The van der Waals surface area contributed by atoms with E-state index in [2.05, 4.69) is 10.3 Å². The summed E-state index contributed by atoms with van der Waals surface area (Å²) >= 11 is 0. The summed E-state index contributed by atoms with van der Waals surface area (Å²) in [4.78, 5) is 16.7. The molecule has 1 aliphatic heterocycles. The van der Waals surface area contributed by atoms with Gasteiger partial charge in [-0.25, -0.2) is 19.6 Å². The number of nitrogens with two attached hydrogens (primary N) is 1. The second kappa shape index (κ2) is 4.73. The normalized spacial score (nSPS) is 19.7. The molecule has 0 radical (unpaired) electrons. The molecule has 1 amide bonds. The Bertz CT molecular complexity index is 482. The lowest BCUT2D eigenvalue weighted by Gasteiger charge is -2.34. The Kier molecular flexibility index (Phi) is 3.28. The first kappa shape index (κ1) is 12.5. The Morgan fingerprint density at radius 2 is 2.28 bits per heavy atom. The number of nitrogen functional groups attached to an aromatic ring is 1. The first-order valence-corrected chi connectivity index (χ1v) is 5.41. The van der Waals surface area contributed by atoms with E-state index >= 15 is 0 Å². The Morgan fingerprint density at radius 1 is 1.56 bits per heavy atom. The molecule has 1 atom stereocenters. The van der Waals surface area contributed by atoms with E-state index in [1.165, 1.54) is 4.90 Å². The van der Waals surface area contributed by atoms with Crippen molar-refractivity contribution in [2.75, 3.05) is 23.4 Å². The van der Waals surface area contributed by atoms with Crippen LogP contribution in [0.4, 0.5) is 20.4 Å². The summed E-state index contributed by atoms with van der Waals surface area (Å²) in [6.07, 6.45) is 0. The van der Waals surface area contributed by atoms with Crippen molar-refractivity contribution in [1.82, 2.24) is 10.3 Å². The zero-order chi connectivity index (χ0) is 13.3. The zero-order valence-electron chi connectivity index (χ0n) is 9.70. The fourth-order valence-electron chi connectivity index (χ4n) is 1.83. The number of amides is 1. The molecule has 1 saturated heterocycles. The summed E-state index contributed by atoms with van der Waals surface area (Å²) in [7, 11) is 0. The van der Waals surface area contributed by atoms with Gasteiger partial charge in [-0.1, -0.05) is 0 Å². The number of halogens is 2. The monoisotopic (exact) mass is 257 g/mol. The summed E-state index contributed by atoms with van der Waals surface area (Å²) in [5.41, 5.74) is 2.05. The molecule has 0 spiro atoms. The molecule has 98 valence electrons. The predicted octanol–water partition coefficient (Wildman–Crippen LogP) is -0.0299. The van der Waals surface area contributed by atoms with Crippen LogP contribution in [0.1, 0.15) is 6.92 Å². The van der Waals surface area contributed by atoms with Crippen LogP contribution >= 0.6 is 0 Å². The summed E-state index contributed by atoms with van der Waals surface area (Å²) in [5, 5.41) is 2.65. The molecule has 4 N–H and O–H groups in total. The van der Waals surface area contributed by atoms with Crippen molar-refractivity contribution in [2.24, 2.45) is 5.84 Å². The smallest absolute Gasteiger partial charge is 0.242 e. The van der Waals surface area contributed by atoms with Crippen molar-refractivity contribution in [1.29, 1.82) is 0 Å². The topological polar surface area (TPSA) is 83.3 Å². The number of nitrogens with one attached hydrogen (secondary N) is 2. The molecule has 0 aliphatic carbocycles. The Labute approximate surface area is 102 Å². The maximum Gasteiger partial charge on any atom is 0.242 e. The number of carbonyl (C=O) groups excluding carboxylic acids is 1. The van der Waals surface area contributed by atoms with Crippen molar-refractivity contribution in [2.45, 2.75) is 13.0 Å². The second-order valence-electron chi connectivity index (χ2n) is 3.93. The third-order valence-corrected chi connectivity index (χ3v) is 2.82. The number of carbonyl (C=O) groups is 1. The molecule has 1 aromatic heterocycles. The Balaban J connectivity index is 2.40. The molecule has 0 bridgehead atoms. The van der Waals surface area contributed by atoms with E-state index in [0.29, 0.717) is 19.2 Å². The van der Waals surface area contributed by atoms with Gasteiger partial charge in [-0.2, -0.15) is 0 Å². The van der Waals surface area contributed by atoms with Gasteiger partial charge in [0.2, 0.25) is 5.91 Å². The van der Waals surface area contributed by atoms with E-state index < -0.39 is 17.7 Å². The lowest BCUT2D eigenvalue weighted by Crippen LogP contribution is -2.54. The molecule has 1 aromatic rings. The average molecular weight is 257 g/mol. The van der Waals surface area contributed by atoms with Crippen molar-refractivity contribution < 1.29 is 13.6 Å². The minimum atomic E-state index is -0.882. The van der Waals surface area contributed by atoms with Gasteiger partial charge in [0.15, 0.2) is 23.3 Å². The molecular weight excluding hydrogens is 244 g/mol. The maximum atomic E-state index is 13.7. The van der Waals surface area contributed by atoms with Crippen molar-refractivity contribution in [3.8, 4) is 0 Å². The zero-order valence-corrected chi connectivity index (χ0v) is 9.70. The van der Waals surface area contributed by atoms with E-state index in [4.69, 9.17) is 5.84 Å². The van der Waals surface area contributed by atoms with Crippen LogP contribution in [0.25, 0.3) is 0 Å². The molecule has 0 saturated carbocycles. The molecule has 2 heterocycles. The predicted molar refractivity (Wildman–Crippen MR) is 61.8 cm³/mol. The standard InChI is InChI=1S/C10H13F2N5O/c1-5-10(18)14-2-3-17(5)9-7(12)4-6(11)8(15-9)16-13/h4-5H,2-3,13H2,1H3,(H,14,18)(H,15,16). The molecule has 0 aromatic carbocycles. The summed E-state index contributed by atoms with van der Waals surface area (Å²) in [5.74, 6) is 2.80. The number of rotatable bonds is 2. The fraction of sp³-hybridized carbons (Fsp3) is 0.400. The minimum absolute atomic E-state index is 0.0910. The van der Waals surface area contributed by atoms with Crippen LogP contribution < -0.4 is 21.5 Å². The van der Waals surface area contributed by atoms with Crippen molar-refractivity contribution in [3.05, 3.63) is 17.7 Å². The van der Waals surface area contributed by atoms with Crippen LogP contribution in [0.15, 0.2) is 6.07 Å². The first-order valence-electron chi connectivity index (χ1n) is 5.41. The fourth-order valence-corrected chi connectivity index (χ4v) is 1.83. The molecule has 6 nitrogen and oxygen atoms in total. The number of hydrogen-bond acceptors (Lipinski definition) is 5. The molecule has 1 fully saturated rings. The van der Waals surface area contributed by atoms with E-state index in [0.717, 1.165) is 0 Å². The largest absolute Gasteiger partial charge is 0.353 e. The highest BCUT2D eigenvalue weighted by Gasteiger charge is 2.29. The van der Waals surface area contributed by atoms with Gasteiger partial charge in [0, 0.05) is 19.2 Å². The van der Waals surface area contributed by atoms with Gasteiger partial charge in [0.05, 0.1) is 0 Å². The highest BCUT2D eigenvalue weighted by atomic mass is 19.1. The molecule has 8 heteroatoms. The molecule has 1 aliphatic rings. The molecular formula is C10H13F2N5O. The number of aromatic nitrogens is 1. The second-order valence-corrected chi connectivity index (χ2v) is 3.93. The average Bonchev–Trinajstić information content (AvgIpc) is 2.34. The van der Waals surface area contributed by atoms with Gasteiger partial charge in [-0.3, -0.25) is 4.79 Å². The van der Waals surface area contributed by atoms with E-state index in [9.17, 15) is 13.6 Å². The number of hydrazine groups is 1. The van der Waals surface area contributed by atoms with E-state index in [1.54, 1.807) is 6.92 Å². The minimum Gasteiger partial charge on any atom is -0.353 e. The van der Waals surface area contributed by atoms with Crippen LogP contribution in [-0.2, 0) is 4.79 Å². The summed E-state index contributed by atoms with van der Waals surface area (Å²) in [6.45, 7) is 2.40. The van der Waals surface area contributed by atoms with Gasteiger partial charge in [-0.05, 0) is 6.92 Å². The number of piperazine rings is 1. The van der Waals surface area contributed by atoms with Crippen LogP contribution in [0, 0.1) is 11.6 Å². The first-order chi connectivity index (χ1) is 8.54. The Morgan fingerprint density at radius 3 is 2.94 bits per heavy atom. The lowest BCUT2D eigenvalue weighted by atomic mass is 10.2. The summed E-state index contributed by atoms with van der Waals surface area (Å²) in [6, 6.07) is 0.119. The van der Waals surface area contributed by atoms with Crippen LogP contribution in [0.5, 0.6) is 0 Å². The maximum absolute atomic E-state index is 13.7. The number of hydrogen-bond donors (Lipinski definition) is 3. The molecule has 1 unspecified atom stereocenters. The summed E-state index contributed by atoms with van der Waals surface area (Å²) < 4.78 is 26.9. The van der Waals surface area contributed by atoms with Crippen LogP contribution in [-0.4, -0.2) is 30.0 Å². The third kappa shape index (κ3) is 2.06. The van der Waals surface area contributed by atoms with Crippen LogP contribution in [0.3, 0.4) is 0 Å². The molecule has 18 heavy (non-hydrogen) atoms. The van der Waals surface area contributed by atoms with Crippen molar-refractivity contribution >= 4 is 17.5 Å². The van der Waals surface area contributed by atoms with E-state index in [-0.39, 0.29) is 17.5 Å². The van der Waals surface area contributed by atoms with Gasteiger partial charge in [0.25, 0.3) is 0 Å². The number of pyridine rings is 1. The SMILES string of the molecule is CC1C(=O)NCCN1c1nc(NN)c(F)cc1F. The Hall–Kier alpha value is -1.96. The highest BCUT2D eigenvalue weighted by molar-refractivity contribution is 5.85. The quantitative estimate of drug-likeness (QED) is 0.512. The third-order valence-electron chi connectivity index (χ3n) is 2.82. The lowest BCUT2D eigenvalue weighted by molar-refractivity contribution is -0.122. The van der Waals surface area contributed by atoms with E-state index in [1.807, 2.05) is 5.43 Å². The van der Waals surface area contributed by atoms with Gasteiger partial charge in [-0.15, -0.1) is 0 Å². The highest BCUT2D eigenvalue weighted by Crippen LogP contribution is 2.24. The van der Waals surface area contributed by atoms with Gasteiger partial charge >= 0.3 is 0 Å². The number of anilines is 2. The van der Waals surface area contributed by atoms with Gasteiger partial charge in [0.1, 0.15) is 6.04 Å². The van der Waals surface area contributed by atoms with Gasteiger partial charge < -0.3 is 15.6 Å². The van der Waals surface area contributed by atoms with Crippen LogP contribution in [0.2, 0.25) is 0 Å². The molecule has 2 rings (SSSR count). The van der Waals surface area contributed by atoms with Crippen molar-refractivity contribution in [3.63, 3.8) is 0 Å².